The molecule has 0 aliphatic heterocycles. The van der Waals surface area contributed by atoms with Crippen molar-refractivity contribution in [1.29, 1.82) is 0 Å². The second kappa shape index (κ2) is 34.0. The number of pyridine rings is 1. The summed E-state index contributed by atoms with van der Waals surface area (Å²) in [5.41, 5.74) is 36.0. The molecule has 0 amide bonds. The number of benzene rings is 19. The van der Waals surface area contributed by atoms with Crippen molar-refractivity contribution in [3.05, 3.63) is 485 Å². The van der Waals surface area contributed by atoms with Gasteiger partial charge in [-0.25, -0.2) is 34.9 Å². The van der Waals surface area contributed by atoms with Gasteiger partial charge in [0.15, 0.2) is 16.9 Å². The summed E-state index contributed by atoms with van der Waals surface area (Å²) in [6.45, 7) is 0. The second-order valence-electron chi connectivity index (χ2n) is 33.1. The third-order valence-electron chi connectivity index (χ3n) is 25.1. The maximum Gasteiger partial charge on any atom is 0.166 e. The summed E-state index contributed by atoms with van der Waals surface area (Å²) in [5, 5.41) is 5.33. The molecule has 19 aromatic carbocycles. The highest BCUT2D eigenvalue weighted by atomic mass is 15.1. The van der Waals surface area contributed by atoms with Crippen molar-refractivity contribution in [2.45, 2.75) is 0 Å². The first kappa shape index (κ1) is 73.1. The van der Waals surface area contributed by atoms with Gasteiger partial charge in [0, 0.05) is 33.1 Å². The van der Waals surface area contributed by atoms with Crippen LogP contribution in [0.1, 0.15) is 6.85 Å². The van der Waals surface area contributed by atoms with Gasteiger partial charge in [-0.15, -0.1) is 0 Å². The zero-order chi connectivity index (χ0) is 92.4. The summed E-state index contributed by atoms with van der Waals surface area (Å²) >= 11 is 0. The van der Waals surface area contributed by atoms with Crippen molar-refractivity contribution >= 4 is 110 Å². The summed E-state index contributed by atoms with van der Waals surface area (Å²) in [6.07, 6.45) is 0. The molecular formula is C123H80N10. The molecule has 0 saturated carbocycles. The number of hydrogen-bond acceptors (Lipinski definition) is 7. The first-order chi connectivity index (χ1) is 68.0. The Morgan fingerprint density at radius 3 is 1.06 bits per heavy atom. The van der Waals surface area contributed by atoms with Crippen LogP contribution in [0.5, 0.6) is 0 Å². The zero-order valence-electron chi connectivity index (χ0n) is 76.8. The van der Waals surface area contributed by atoms with Crippen LogP contribution < -0.4 is 0 Å². The maximum absolute atomic E-state index is 8.67. The lowest BCUT2D eigenvalue weighted by atomic mass is 9.93. The van der Waals surface area contributed by atoms with E-state index in [1.54, 1.807) is 4.57 Å². The van der Waals surface area contributed by atoms with Crippen LogP contribution >= 0.6 is 0 Å². The van der Waals surface area contributed by atoms with E-state index in [1.165, 1.54) is 55.3 Å². The van der Waals surface area contributed by atoms with E-state index in [0.717, 1.165) is 150 Å². The van der Waals surface area contributed by atoms with Crippen LogP contribution in [-0.4, -0.2) is 48.6 Å². The number of para-hydroxylation sites is 6. The fraction of sp³-hybridized carbons (Fsp3) is 0. The molecule has 0 atom stereocenters. The van der Waals surface area contributed by atoms with E-state index < -0.39 is 18.1 Å². The van der Waals surface area contributed by atoms with Crippen LogP contribution in [0, 0.1) is 0 Å². The average molecular weight is 1700 g/mol. The van der Waals surface area contributed by atoms with Gasteiger partial charge in [-0.3, -0.25) is 13.7 Å². The van der Waals surface area contributed by atoms with Crippen molar-refractivity contribution in [3.8, 4) is 129 Å². The Hall–Kier alpha value is -18.0. The molecule has 0 saturated heterocycles. The van der Waals surface area contributed by atoms with Gasteiger partial charge in [0.2, 0.25) is 0 Å². The van der Waals surface area contributed by atoms with E-state index in [1.807, 2.05) is 158 Å². The van der Waals surface area contributed by atoms with Crippen LogP contribution in [0.4, 0.5) is 0 Å². The first-order valence-corrected chi connectivity index (χ1v) is 44.5. The highest BCUT2D eigenvalue weighted by molar-refractivity contribution is 6.12. The van der Waals surface area contributed by atoms with Gasteiger partial charge in [-0.2, -0.15) is 0 Å². The monoisotopic (exact) mass is 1700 g/mol. The van der Waals surface area contributed by atoms with Crippen molar-refractivity contribution < 1.29 is 6.85 Å². The van der Waals surface area contributed by atoms with E-state index in [-0.39, 0.29) is 17.8 Å². The molecule has 133 heavy (non-hydrogen) atoms. The first-order valence-electron chi connectivity index (χ1n) is 47.0. The minimum absolute atomic E-state index is 0.0497. The number of rotatable bonds is 13. The van der Waals surface area contributed by atoms with E-state index >= 15 is 0 Å². The predicted octanol–water partition coefficient (Wildman–Crippen LogP) is 31.4. The van der Waals surface area contributed by atoms with E-state index in [4.69, 9.17) is 41.7 Å². The topological polar surface area (TPSA) is 105 Å². The second-order valence-corrected chi connectivity index (χ2v) is 33.1. The molecule has 0 fully saturated rings. The van der Waals surface area contributed by atoms with Gasteiger partial charge < -0.3 is 0 Å². The fourth-order valence-electron chi connectivity index (χ4n) is 18.6. The van der Waals surface area contributed by atoms with E-state index in [2.05, 4.69) is 306 Å². The molecule has 0 unspecified atom stereocenters. The summed E-state index contributed by atoms with van der Waals surface area (Å²) in [4.78, 5) is 35.8. The van der Waals surface area contributed by atoms with Crippen LogP contribution in [0.25, 0.3) is 239 Å². The van der Waals surface area contributed by atoms with Crippen LogP contribution in [-0.2, 0) is 0 Å². The van der Waals surface area contributed by atoms with Crippen molar-refractivity contribution in [2.75, 3.05) is 0 Å². The Labute approximate surface area is 774 Å². The van der Waals surface area contributed by atoms with Crippen LogP contribution in [0.15, 0.2) is 485 Å². The molecule has 0 N–H and O–H groups in total. The summed E-state index contributed by atoms with van der Waals surface area (Å²) in [7, 11) is 0. The number of fused-ring (bicyclic) bond motifs is 13. The van der Waals surface area contributed by atoms with Gasteiger partial charge in [0.1, 0.15) is 22.4 Å². The lowest BCUT2D eigenvalue weighted by molar-refractivity contribution is 1.06. The minimum atomic E-state index is -0.435. The lowest BCUT2D eigenvalue weighted by Gasteiger charge is -2.12. The molecular weight excluding hydrogens is 1620 g/mol. The molecule has 0 aliphatic rings. The van der Waals surface area contributed by atoms with Crippen molar-refractivity contribution in [3.63, 3.8) is 0 Å². The number of aromatic nitrogens is 10. The third-order valence-corrected chi connectivity index (χ3v) is 25.1. The largest absolute Gasteiger partial charge is 0.293 e. The Balaban J connectivity index is 0.000000113. The van der Waals surface area contributed by atoms with Crippen molar-refractivity contribution in [2.24, 2.45) is 0 Å². The van der Waals surface area contributed by atoms with Gasteiger partial charge in [-0.05, 0) is 232 Å². The maximum atomic E-state index is 8.67. The minimum Gasteiger partial charge on any atom is -0.293 e. The highest BCUT2D eigenvalue weighted by Gasteiger charge is 2.23. The molecule has 10 heteroatoms. The predicted molar refractivity (Wildman–Crippen MR) is 551 cm³/mol. The fourth-order valence-corrected chi connectivity index (χ4v) is 18.6. The molecule has 622 valence electrons. The van der Waals surface area contributed by atoms with Gasteiger partial charge >= 0.3 is 0 Å². The summed E-state index contributed by atoms with van der Waals surface area (Å²) < 4.78 is 48.0. The Bertz CT molecular complexity index is 9170. The smallest absolute Gasteiger partial charge is 0.166 e. The average Bonchev–Trinajstić information content (AvgIpc) is 1.59. The molecule has 7 aromatic heterocycles. The SMILES string of the molecule is [2H]c1c([2H])c([2H])c(-n2c3ccccc3c3nc4cc(-c5cc(-c6ccccc6)cc(-c6ccccc6)c5)ccc4nc32)c([2H])c1[2H].c1ccc(-c2cccc(-n3c4ccc(-c5ccc(-c6ccccc6-c6ccccc6)cc5)cc4c4nc5ccccc5nc43)n2)cc1.c1ccc(-c2ccccc2-c2ccc(-c3ccc4c(c3)c3nc5ccccc5nc3n4-c3ccc4ccccc4c3)cc2)cc1. The molecule has 0 spiro atoms. The van der Waals surface area contributed by atoms with E-state index in [9.17, 15) is 0 Å². The highest BCUT2D eigenvalue weighted by Crippen LogP contribution is 2.43. The normalized spacial score (nSPS) is 12.0. The molecule has 26 rings (SSSR count). The molecule has 0 aliphatic carbocycles. The summed E-state index contributed by atoms with van der Waals surface area (Å²) in [6, 6.07) is 156. The quantitative estimate of drug-likeness (QED) is 0.113. The van der Waals surface area contributed by atoms with Gasteiger partial charge in [0.25, 0.3) is 0 Å². The number of hydrogen-bond donors (Lipinski definition) is 0. The molecule has 7 heterocycles. The van der Waals surface area contributed by atoms with Gasteiger partial charge in [0.05, 0.1) is 62.2 Å². The standard InChI is InChI=1S/C43H28N4.C42H27N3.C38H25N3/c1-3-12-30(13-4-1)34-16-7-8-17-35(34)31-24-22-29(23-25-31)33-26-27-40-36(28-33)42-43(46-39-19-10-9-18-38(39)45-42)47(40)41-21-11-20-37(44-41)32-14-5-2-6-15-32;1-2-11-30(12-3-1)35-14-6-7-15-36(35)31-20-18-29(19-21-31)33-23-25-40-37(27-33)41-42(44-39-17-9-8-16-38(39)43-41)45(40)34-24-22-28-10-4-5-13-32(28)26-34;1-4-12-26(13-5-1)29-22-30(27-14-6-2-7-15-27)24-31(23-29)28-20-21-34-35(25-28)39-37-33-18-10-11-19-36(33)41(38(37)40-34)32-16-8-3-9-17-32/h1-28H;1-27H;1-25H/i;;3D,8D,9D,16D,17D. The molecule has 26 aromatic rings. The summed E-state index contributed by atoms with van der Waals surface area (Å²) in [5.74, 6) is 0.810. The number of nitrogens with zero attached hydrogens (tertiary/aromatic N) is 10. The van der Waals surface area contributed by atoms with Gasteiger partial charge in [-0.1, -0.05) is 364 Å². The van der Waals surface area contributed by atoms with Crippen LogP contribution in [0.3, 0.4) is 0 Å². The lowest BCUT2D eigenvalue weighted by Crippen LogP contribution is -2.00. The third kappa shape index (κ3) is 14.9. The zero-order valence-corrected chi connectivity index (χ0v) is 71.8. The molecule has 0 radical (unpaired) electrons. The molecule has 0 bridgehead atoms. The van der Waals surface area contributed by atoms with E-state index in [0.29, 0.717) is 27.7 Å². The van der Waals surface area contributed by atoms with Crippen LogP contribution in [0.2, 0.25) is 0 Å². The Kier molecular flexibility index (Phi) is 18.7. The Morgan fingerprint density at radius 2 is 0.534 bits per heavy atom. The Morgan fingerprint density at radius 1 is 0.180 bits per heavy atom. The van der Waals surface area contributed by atoms with Crippen molar-refractivity contribution in [1.82, 2.24) is 48.6 Å². The molecule has 10 nitrogen and oxygen atoms in total.